The lowest BCUT2D eigenvalue weighted by atomic mass is 9.97. The van der Waals surface area contributed by atoms with Crippen molar-refractivity contribution >= 4 is 5.97 Å². The lowest BCUT2D eigenvalue weighted by Gasteiger charge is -2.09. The number of aliphatic hydroxyl groups excluding tert-OH is 1. The van der Waals surface area contributed by atoms with E-state index >= 15 is 0 Å². The summed E-state index contributed by atoms with van der Waals surface area (Å²) in [6, 6.07) is 25.6. The minimum Gasteiger partial charge on any atom is -0.481 e. The van der Waals surface area contributed by atoms with Crippen LogP contribution in [-0.2, 0) is 17.8 Å². The van der Waals surface area contributed by atoms with Crippen molar-refractivity contribution in [3.05, 3.63) is 113 Å². The Morgan fingerprint density at radius 2 is 1.57 bits per heavy atom. The Morgan fingerprint density at radius 3 is 2.24 bits per heavy atom. The van der Waals surface area contributed by atoms with E-state index in [0.717, 1.165) is 27.8 Å². The van der Waals surface area contributed by atoms with Crippen molar-refractivity contribution in [2.75, 3.05) is 0 Å². The van der Waals surface area contributed by atoms with Gasteiger partial charge >= 0.3 is 5.97 Å². The van der Waals surface area contributed by atoms with Crippen LogP contribution in [0.2, 0.25) is 0 Å². The van der Waals surface area contributed by atoms with Gasteiger partial charge in [-0.15, -0.1) is 5.10 Å². The van der Waals surface area contributed by atoms with E-state index in [0.29, 0.717) is 35.7 Å². The Morgan fingerprint density at radius 1 is 0.919 bits per heavy atom. The monoisotopic (exact) mass is 494 g/mol. The minimum atomic E-state index is -1.04. The maximum absolute atomic E-state index is 11.2. The molecule has 0 aliphatic rings. The molecule has 0 saturated carbocycles. The van der Waals surface area contributed by atoms with Gasteiger partial charge in [-0.1, -0.05) is 89.2 Å². The quantitative estimate of drug-likeness (QED) is 0.294. The van der Waals surface area contributed by atoms with Crippen LogP contribution in [0.1, 0.15) is 40.6 Å². The molecule has 186 valence electrons. The summed E-state index contributed by atoms with van der Waals surface area (Å²) in [4.78, 5) is 10.8. The molecule has 2 N–H and O–H groups in total. The highest BCUT2D eigenvalue weighted by molar-refractivity contribution is 5.70. The van der Waals surface area contributed by atoms with Gasteiger partial charge in [0.15, 0.2) is 5.76 Å². The number of hydrogen-bond donors (Lipinski definition) is 2. The van der Waals surface area contributed by atoms with Gasteiger partial charge in [0, 0.05) is 12.0 Å². The Hall–Kier alpha value is -4.56. The molecule has 0 spiro atoms. The summed E-state index contributed by atoms with van der Waals surface area (Å²) in [5, 5.41) is 32.5. The number of carboxylic acids is 1. The van der Waals surface area contributed by atoms with Crippen LogP contribution < -0.4 is 0 Å². The number of rotatable bonds is 9. The number of aromatic nitrogens is 4. The molecular formula is C29H26N4O4. The highest BCUT2D eigenvalue weighted by Gasteiger charge is 2.25. The van der Waals surface area contributed by atoms with E-state index in [-0.39, 0.29) is 6.42 Å². The molecule has 0 aliphatic carbocycles. The smallest absolute Gasteiger partial charge is 0.303 e. The van der Waals surface area contributed by atoms with Crippen LogP contribution in [0.3, 0.4) is 0 Å². The molecule has 8 nitrogen and oxygen atoms in total. The number of carboxylic acid groups (broad SMARTS) is 1. The second-order valence-electron chi connectivity index (χ2n) is 8.91. The normalized spacial score (nSPS) is 11.9. The predicted molar refractivity (Wildman–Crippen MR) is 138 cm³/mol. The van der Waals surface area contributed by atoms with Crippen molar-refractivity contribution in [2.24, 2.45) is 0 Å². The first-order valence-electron chi connectivity index (χ1n) is 12.0. The van der Waals surface area contributed by atoms with Gasteiger partial charge in [-0.2, -0.15) is 0 Å². The zero-order chi connectivity index (χ0) is 25.8. The van der Waals surface area contributed by atoms with E-state index in [9.17, 15) is 9.90 Å². The molecule has 8 heteroatoms. The highest BCUT2D eigenvalue weighted by atomic mass is 16.5. The van der Waals surface area contributed by atoms with E-state index in [4.69, 9.17) is 9.63 Å². The van der Waals surface area contributed by atoms with Crippen molar-refractivity contribution in [1.29, 1.82) is 0 Å². The first-order valence-corrected chi connectivity index (χ1v) is 12.0. The highest BCUT2D eigenvalue weighted by Crippen LogP contribution is 2.34. The first kappa shape index (κ1) is 24.1. The van der Waals surface area contributed by atoms with Crippen molar-refractivity contribution in [2.45, 2.75) is 32.4 Å². The van der Waals surface area contributed by atoms with Gasteiger partial charge in [0.1, 0.15) is 11.8 Å². The molecule has 0 fully saturated rings. The van der Waals surface area contributed by atoms with Gasteiger partial charge in [-0.3, -0.25) is 4.79 Å². The number of carbonyl (C=O) groups is 1. The molecular weight excluding hydrogens is 468 g/mol. The second kappa shape index (κ2) is 10.6. The van der Waals surface area contributed by atoms with Crippen molar-refractivity contribution in [1.82, 2.24) is 20.2 Å². The number of aliphatic carboxylic acids is 1. The molecule has 1 atom stereocenters. The molecule has 5 aromatic rings. The Balaban J connectivity index is 1.34. The fourth-order valence-corrected chi connectivity index (χ4v) is 4.27. The summed E-state index contributed by atoms with van der Waals surface area (Å²) in [6.07, 6.45) is 1.31. The minimum absolute atomic E-state index is 0.113. The van der Waals surface area contributed by atoms with Crippen LogP contribution in [0.15, 0.2) is 89.6 Å². The molecule has 1 unspecified atom stereocenters. The lowest BCUT2D eigenvalue weighted by molar-refractivity contribution is -0.136. The van der Waals surface area contributed by atoms with E-state index < -0.39 is 12.1 Å². The molecule has 2 aromatic heterocycles. The predicted octanol–water partition coefficient (Wildman–Crippen LogP) is 5.06. The van der Waals surface area contributed by atoms with Gasteiger partial charge in [0.2, 0.25) is 0 Å². The van der Waals surface area contributed by atoms with Gasteiger partial charge in [-0.25, -0.2) is 4.68 Å². The maximum Gasteiger partial charge on any atom is 0.303 e. The van der Waals surface area contributed by atoms with Crippen LogP contribution >= 0.6 is 0 Å². The molecule has 0 amide bonds. The Bertz CT molecular complexity index is 1490. The number of aryl methyl sites for hydroxylation is 2. The van der Waals surface area contributed by atoms with Gasteiger partial charge in [0.05, 0.1) is 24.0 Å². The Kier molecular flexibility index (Phi) is 6.91. The zero-order valence-electron chi connectivity index (χ0n) is 20.3. The first-order chi connectivity index (χ1) is 18.0. The van der Waals surface area contributed by atoms with Crippen molar-refractivity contribution in [3.8, 4) is 22.5 Å². The van der Waals surface area contributed by atoms with Gasteiger partial charge in [-0.05, 0) is 35.6 Å². The number of benzene rings is 3. The van der Waals surface area contributed by atoms with Crippen LogP contribution in [0, 0.1) is 6.92 Å². The second-order valence-corrected chi connectivity index (χ2v) is 8.91. The fraction of sp³-hybridized carbons (Fsp3) is 0.172. The third-order valence-corrected chi connectivity index (χ3v) is 6.27. The van der Waals surface area contributed by atoms with Crippen LogP contribution in [0.5, 0.6) is 0 Å². The molecule has 37 heavy (non-hydrogen) atoms. The Labute approximate surface area is 213 Å². The molecule has 0 radical (unpaired) electrons. The average Bonchev–Trinajstić information content (AvgIpc) is 3.55. The summed E-state index contributed by atoms with van der Waals surface area (Å²) in [5.41, 5.74) is 6.45. The van der Waals surface area contributed by atoms with Gasteiger partial charge < -0.3 is 14.7 Å². The van der Waals surface area contributed by atoms with E-state index in [1.165, 1.54) is 0 Å². The molecule has 0 saturated heterocycles. The number of nitrogens with zero attached hydrogens (tertiary/aromatic N) is 4. The van der Waals surface area contributed by atoms with Crippen molar-refractivity contribution in [3.63, 3.8) is 0 Å². The number of hydrogen-bond acceptors (Lipinski definition) is 6. The third kappa shape index (κ3) is 5.49. The van der Waals surface area contributed by atoms with E-state index in [2.05, 4.69) is 15.5 Å². The van der Waals surface area contributed by atoms with E-state index in [1.807, 2.05) is 78.9 Å². The van der Waals surface area contributed by atoms with Crippen LogP contribution in [0.25, 0.3) is 22.5 Å². The fourth-order valence-electron chi connectivity index (χ4n) is 4.27. The topological polar surface area (TPSA) is 114 Å². The molecule has 0 aliphatic heterocycles. The third-order valence-electron chi connectivity index (χ3n) is 6.27. The standard InChI is InChI=1S/C29H26N4O4/c1-19-27(28(36)25-18-33(32-30-25)17-21-5-3-2-4-6-21)29(37-31-19)24-14-12-23(13-15-24)22-10-7-20(8-11-22)9-16-26(34)35/h2-8,10-15,18,28,36H,9,16-17H2,1H3,(H,34,35). The summed E-state index contributed by atoms with van der Waals surface area (Å²) >= 11 is 0. The molecule has 0 bridgehead atoms. The molecule has 2 heterocycles. The largest absolute Gasteiger partial charge is 0.481 e. The van der Waals surface area contributed by atoms with Crippen LogP contribution in [-0.4, -0.2) is 36.3 Å². The van der Waals surface area contributed by atoms with Crippen molar-refractivity contribution < 1.29 is 19.5 Å². The maximum atomic E-state index is 11.2. The summed E-state index contributed by atoms with van der Waals surface area (Å²) in [6.45, 7) is 2.35. The van der Waals surface area contributed by atoms with E-state index in [1.54, 1.807) is 17.8 Å². The van der Waals surface area contributed by atoms with Crippen LogP contribution in [0.4, 0.5) is 0 Å². The zero-order valence-corrected chi connectivity index (χ0v) is 20.3. The lowest BCUT2D eigenvalue weighted by Crippen LogP contribution is -2.03. The summed E-state index contributed by atoms with van der Waals surface area (Å²) in [7, 11) is 0. The average molecular weight is 495 g/mol. The molecule has 3 aromatic carbocycles. The summed E-state index contributed by atoms with van der Waals surface area (Å²) in [5.74, 6) is -0.318. The summed E-state index contributed by atoms with van der Waals surface area (Å²) < 4.78 is 7.31. The molecule has 5 rings (SSSR count). The van der Waals surface area contributed by atoms with Gasteiger partial charge in [0.25, 0.3) is 0 Å². The SMILES string of the molecule is Cc1noc(-c2ccc(-c3ccc(CCC(=O)O)cc3)cc2)c1C(O)c1cn(Cc2ccccc2)nn1. The number of aliphatic hydroxyl groups is 1.